The lowest BCUT2D eigenvalue weighted by molar-refractivity contribution is -0.534. The average molecular weight is 474 g/mol. The number of amides is 1. The number of likely N-dealkylation sites (tertiary alicyclic amines) is 1. The predicted molar refractivity (Wildman–Crippen MR) is 131 cm³/mol. The van der Waals surface area contributed by atoms with Crippen molar-refractivity contribution in [3.63, 3.8) is 0 Å². The third kappa shape index (κ3) is 3.70. The van der Waals surface area contributed by atoms with Gasteiger partial charge in [0.05, 0.1) is 12.5 Å². The Hall–Kier alpha value is -3.91. The second-order valence-electron chi connectivity index (χ2n) is 8.90. The molecule has 1 amide bonds. The molecular weight excluding hydrogens is 446 g/mol. The van der Waals surface area contributed by atoms with E-state index in [1.54, 1.807) is 25.2 Å². The van der Waals surface area contributed by atoms with Crippen LogP contribution in [0, 0.1) is 10.1 Å². The second-order valence-corrected chi connectivity index (χ2v) is 8.90. The molecule has 180 valence electrons. The number of hydrogen-bond donors (Lipinski definition) is 1. The summed E-state index contributed by atoms with van der Waals surface area (Å²) in [6, 6.07) is 21.3. The Kier molecular flexibility index (Phi) is 5.90. The molecule has 3 atom stereocenters. The fraction of sp³-hybridized carbons (Fsp3) is 0.296. The van der Waals surface area contributed by atoms with Crippen molar-refractivity contribution in [2.45, 2.75) is 31.0 Å². The van der Waals surface area contributed by atoms with Crippen LogP contribution in [-0.4, -0.2) is 42.0 Å². The molecule has 2 heterocycles. The standard InChI is InChI=1S/C27H27N3O5/c1-3-34-24-15-19(13-14-23(24)35-17-18-9-5-4-6-10-18)20-16-29(2)27(25(20)30(32)33)21-11-7-8-12-22(21)28-26(27)31/h4-15,20,25H,3,16-17H2,1-2H3,(H,28,31)/t20-,25-,27-/m0/s1. The van der Waals surface area contributed by atoms with Crippen LogP contribution in [0.25, 0.3) is 0 Å². The molecule has 1 saturated heterocycles. The van der Waals surface area contributed by atoms with Crippen LogP contribution < -0.4 is 14.8 Å². The smallest absolute Gasteiger partial charge is 0.256 e. The van der Waals surface area contributed by atoms with Gasteiger partial charge < -0.3 is 14.8 Å². The number of anilines is 1. The Balaban J connectivity index is 1.51. The van der Waals surface area contributed by atoms with Gasteiger partial charge in [-0.15, -0.1) is 0 Å². The molecule has 3 aromatic rings. The Morgan fingerprint density at radius 1 is 1.06 bits per heavy atom. The lowest BCUT2D eigenvalue weighted by atomic mass is 9.79. The van der Waals surface area contributed by atoms with E-state index in [0.717, 1.165) is 11.1 Å². The lowest BCUT2D eigenvalue weighted by Crippen LogP contribution is -2.54. The molecule has 1 spiro atoms. The van der Waals surface area contributed by atoms with Crippen LogP contribution in [0.2, 0.25) is 0 Å². The van der Waals surface area contributed by atoms with E-state index in [1.165, 1.54) is 0 Å². The van der Waals surface area contributed by atoms with Crippen LogP contribution in [0.3, 0.4) is 0 Å². The molecule has 0 aromatic heterocycles. The molecule has 1 N–H and O–H groups in total. The minimum atomic E-state index is -1.38. The number of likely N-dealkylation sites (N-methyl/N-ethyl adjacent to an activating group) is 1. The summed E-state index contributed by atoms with van der Waals surface area (Å²) in [6.07, 6.45) is 0. The van der Waals surface area contributed by atoms with Gasteiger partial charge in [0, 0.05) is 22.7 Å². The molecular formula is C27H27N3O5. The van der Waals surface area contributed by atoms with Crippen molar-refractivity contribution in [3.8, 4) is 11.5 Å². The van der Waals surface area contributed by atoms with Gasteiger partial charge in [-0.1, -0.05) is 54.6 Å². The molecule has 2 aliphatic rings. The normalized spacial score (nSPS) is 23.2. The molecule has 0 bridgehead atoms. The monoisotopic (exact) mass is 473 g/mol. The van der Waals surface area contributed by atoms with Gasteiger partial charge in [0.1, 0.15) is 6.61 Å². The highest BCUT2D eigenvalue weighted by molar-refractivity contribution is 6.06. The first-order valence-electron chi connectivity index (χ1n) is 11.7. The summed E-state index contributed by atoms with van der Waals surface area (Å²) >= 11 is 0. The number of hydrogen-bond acceptors (Lipinski definition) is 6. The van der Waals surface area contributed by atoms with Crippen LogP contribution in [0.1, 0.15) is 29.5 Å². The van der Waals surface area contributed by atoms with Crippen LogP contribution in [0.4, 0.5) is 5.69 Å². The Bertz CT molecular complexity index is 1260. The van der Waals surface area contributed by atoms with Crippen LogP contribution in [-0.2, 0) is 16.9 Å². The van der Waals surface area contributed by atoms with Crippen molar-refractivity contribution in [1.29, 1.82) is 0 Å². The van der Waals surface area contributed by atoms with Crippen LogP contribution >= 0.6 is 0 Å². The number of carbonyl (C=O) groups is 1. The highest BCUT2D eigenvalue weighted by Crippen LogP contribution is 2.52. The summed E-state index contributed by atoms with van der Waals surface area (Å²) in [7, 11) is 1.78. The maximum Gasteiger partial charge on any atom is 0.256 e. The summed E-state index contributed by atoms with van der Waals surface area (Å²) in [5.74, 6) is 0.220. The minimum absolute atomic E-state index is 0.310. The SMILES string of the molecule is CCOc1cc([C@@H]2CN(C)[C@]3(C(=O)Nc4ccccc43)[C@H]2[N+](=O)[O-])ccc1OCc1ccccc1. The number of para-hydroxylation sites is 1. The van der Waals surface area contributed by atoms with E-state index < -0.39 is 17.5 Å². The van der Waals surface area contributed by atoms with Gasteiger partial charge in [-0.25, -0.2) is 0 Å². The van der Waals surface area contributed by atoms with Gasteiger partial charge in [-0.2, -0.15) is 0 Å². The fourth-order valence-corrected chi connectivity index (χ4v) is 5.46. The zero-order chi connectivity index (χ0) is 24.6. The first kappa shape index (κ1) is 22.9. The molecule has 8 heteroatoms. The molecule has 0 unspecified atom stereocenters. The third-order valence-corrected chi connectivity index (χ3v) is 6.97. The van der Waals surface area contributed by atoms with Crippen LogP contribution in [0.15, 0.2) is 72.8 Å². The van der Waals surface area contributed by atoms with Crippen molar-refractivity contribution >= 4 is 11.6 Å². The number of fused-ring (bicyclic) bond motifs is 2. The molecule has 0 aliphatic carbocycles. The quantitative estimate of drug-likeness (QED) is 0.409. The first-order chi connectivity index (χ1) is 17.0. The highest BCUT2D eigenvalue weighted by Gasteiger charge is 2.68. The van der Waals surface area contributed by atoms with Crippen molar-refractivity contribution in [3.05, 3.63) is 99.6 Å². The van der Waals surface area contributed by atoms with Crippen molar-refractivity contribution < 1.29 is 19.2 Å². The van der Waals surface area contributed by atoms with E-state index >= 15 is 0 Å². The number of nitrogens with one attached hydrogen (secondary N) is 1. The zero-order valence-electron chi connectivity index (χ0n) is 19.6. The number of nitro groups is 1. The van der Waals surface area contributed by atoms with Crippen LogP contribution in [0.5, 0.6) is 11.5 Å². The zero-order valence-corrected chi connectivity index (χ0v) is 19.6. The average Bonchev–Trinajstić information content (AvgIpc) is 3.34. The van der Waals surface area contributed by atoms with Gasteiger partial charge in [0.15, 0.2) is 17.0 Å². The summed E-state index contributed by atoms with van der Waals surface area (Å²) in [5.41, 5.74) is 1.65. The molecule has 2 aliphatic heterocycles. The van der Waals surface area contributed by atoms with E-state index in [1.807, 2.05) is 66.4 Å². The topological polar surface area (TPSA) is 93.9 Å². The largest absolute Gasteiger partial charge is 0.490 e. The molecule has 35 heavy (non-hydrogen) atoms. The Labute approximate surface area is 203 Å². The number of carbonyl (C=O) groups excluding carboxylic acids is 1. The molecule has 3 aromatic carbocycles. The second kappa shape index (κ2) is 9.03. The van der Waals surface area contributed by atoms with Crippen molar-refractivity contribution in [2.75, 3.05) is 25.5 Å². The lowest BCUT2D eigenvalue weighted by Gasteiger charge is -2.30. The summed E-state index contributed by atoms with van der Waals surface area (Å²) in [4.78, 5) is 27.3. The van der Waals surface area contributed by atoms with Gasteiger partial charge in [-0.05, 0) is 43.3 Å². The van der Waals surface area contributed by atoms with E-state index in [0.29, 0.717) is 42.5 Å². The van der Waals surface area contributed by atoms with Gasteiger partial charge in [0.2, 0.25) is 0 Å². The van der Waals surface area contributed by atoms with Gasteiger partial charge in [-0.3, -0.25) is 19.8 Å². The Morgan fingerprint density at radius 2 is 1.80 bits per heavy atom. The maximum atomic E-state index is 13.3. The predicted octanol–water partition coefficient (Wildman–Crippen LogP) is 4.19. The molecule has 8 nitrogen and oxygen atoms in total. The van der Waals surface area contributed by atoms with E-state index in [2.05, 4.69) is 5.32 Å². The Morgan fingerprint density at radius 3 is 2.54 bits per heavy atom. The van der Waals surface area contributed by atoms with Crippen molar-refractivity contribution in [1.82, 2.24) is 4.90 Å². The summed E-state index contributed by atoms with van der Waals surface area (Å²) < 4.78 is 11.9. The van der Waals surface area contributed by atoms with Crippen molar-refractivity contribution in [2.24, 2.45) is 0 Å². The van der Waals surface area contributed by atoms with E-state index in [-0.39, 0.29) is 10.8 Å². The minimum Gasteiger partial charge on any atom is -0.490 e. The summed E-state index contributed by atoms with van der Waals surface area (Å²) in [5, 5.41) is 15.4. The van der Waals surface area contributed by atoms with E-state index in [9.17, 15) is 14.9 Å². The maximum absolute atomic E-state index is 13.3. The number of ether oxygens (including phenoxy) is 2. The van der Waals surface area contributed by atoms with Gasteiger partial charge in [0.25, 0.3) is 11.9 Å². The number of benzene rings is 3. The molecule has 0 radical (unpaired) electrons. The number of nitrogens with zero attached hydrogens (tertiary/aromatic N) is 2. The highest BCUT2D eigenvalue weighted by atomic mass is 16.6. The van der Waals surface area contributed by atoms with Gasteiger partial charge >= 0.3 is 0 Å². The molecule has 0 saturated carbocycles. The fourth-order valence-electron chi connectivity index (χ4n) is 5.46. The van der Waals surface area contributed by atoms with E-state index in [4.69, 9.17) is 9.47 Å². The number of rotatable bonds is 7. The summed E-state index contributed by atoms with van der Waals surface area (Å²) in [6.45, 7) is 3.03. The first-order valence-corrected chi connectivity index (χ1v) is 11.7. The third-order valence-electron chi connectivity index (χ3n) is 6.97. The molecule has 1 fully saturated rings. The molecule has 5 rings (SSSR count).